The highest BCUT2D eigenvalue weighted by Crippen LogP contribution is 2.28. The van der Waals surface area contributed by atoms with E-state index in [1.54, 1.807) is 49.6 Å². The van der Waals surface area contributed by atoms with Crippen LogP contribution < -0.4 is 9.47 Å². The fraction of sp³-hybridized carbons (Fsp3) is 0.0714. The largest absolute Gasteiger partial charge is 0.497 e. The number of halogens is 2. The maximum atomic E-state index is 11.9. The van der Waals surface area contributed by atoms with Crippen LogP contribution >= 0.6 is 27.5 Å². The van der Waals surface area contributed by atoms with Crippen LogP contribution in [0.4, 0.5) is 0 Å². The molecule has 0 amide bonds. The first-order valence-electron chi connectivity index (χ1n) is 5.41. The molecule has 0 saturated carbocycles. The van der Waals surface area contributed by atoms with Crippen LogP contribution in [-0.4, -0.2) is 13.1 Å². The van der Waals surface area contributed by atoms with Crippen LogP contribution in [0.2, 0.25) is 5.02 Å². The number of hydrogen-bond acceptors (Lipinski definition) is 3. The van der Waals surface area contributed by atoms with Gasteiger partial charge in [-0.3, -0.25) is 0 Å². The van der Waals surface area contributed by atoms with Crippen molar-refractivity contribution in [3.05, 3.63) is 57.5 Å². The summed E-state index contributed by atoms with van der Waals surface area (Å²) in [6.07, 6.45) is 0. The molecule has 2 aromatic carbocycles. The first-order chi connectivity index (χ1) is 9.10. The molecule has 0 unspecified atom stereocenters. The number of methoxy groups -OCH3 is 1. The van der Waals surface area contributed by atoms with Gasteiger partial charge >= 0.3 is 5.97 Å². The Kier molecular flexibility index (Phi) is 4.45. The fourth-order valence-corrected chi connectivity index (χ4v) is 2.16. The smallest absolute Gasteiger partial charge is 0.343 e. The van der Waals surface area contributed by atoms with E-state index in [0.717, 1.165) is 4.47 Å². The fourth-order valence-electron chi connectivity index (χ4n) is 1.44. The van der Waals surface area contributed by atoms with Gasteiger partial charge in [-0.25, -0.2) is 4.79 Å². The molecule has 2 aromatic rings. The molecule has 0 saturated heterocycles. The highest BCUT2D eigenvalue weighted by atomic mass is 79.9. The van der Waals surface area contributed by atoms with Crippen molar-refractivity contribution in [2.45, 2.75) is 0 Å². The molecule has 0 fully saturated rings. The summed E-state index contributed by atoms with van der Waals surface area (Å²) < 4.78 is 11.1. The van der Waals surface area contributed by atoms with E-state index in [0.29, 0.717) is 22.1 Å². The number of ether oxygens (including phenoxy) is 2. The van der Waals surface area contributed by atoms with E-state index in [1.807, 2.05) is 0 Å². The van der Waals surface area contributed by atoms with Crippen molar-refractivity contribution in [2.75, 3.05) is 7.11 Å². The molecule has 0 aliphatic carbocycles. The zero-order valence-corrected chi connectivity index (χ0v) is 12.4. The van der Waals surface area contributed by atoms with E-state index >= 15 is 0 Å². The second-order valence-electron chi connectivity index (χ2n) is 3.69. The van der Waals surface area contributed by atoms with Crippen LogP contribution in [0, 0.1) is 0 Å². The molecule has 0 aromatic heterocycles. The maximum Gasteiger partial charge on any atom is 0.343 e. The summed E-state index contributed by atoms with van der Waals surface area (Å²) in [7, 11) is 1.56. The number of carbonyl (C=O) groups is 1. The van der Waals surface area contributed by atoms with Crippen LogP contribution in [0.25, 0.3) is 0 Å². The molecule has 0 aliphatic rings. The normalized spacial score (nSPS) is 10.1. The van der Waals surface area contributed by atoms with Gasteiger partial charge in [0.05, 0.1) is 17.7 Å². The van der Waals surface area contributed by atoms with Crippen molar-refractivity contribution in [3.8, 4) is 11.5 Å². The topological polar surface area (TPSA) is 35.5 Å². The van der Waals surface area contributed by atoms with Gasteiger partial charge in [0.2, 0.25) is 0 Å². The van der Waals surface area contributed by atoms with Crippen LogP contribution in [0.1, 0.15) is 10.4 Å². The third kappa shape index (κ3) is 3.49. The molecule has 2 rings (SSSR count). The lowest BCUT2D eigenvalue weighted by atomic mass is 10.2. The Bertz CT molecular complexity index is 596. The third-order valence-electron chi connectivity index (χ3n) is 2.42. The lowest BCUT2D eigenvalue weighted by molar-refractivity contribution is 0.0735. The van der Waals surface area contributed by atoms with E-state index < -0.39 is 5.97 Å². The van der Waals surface area contributed by atoms with Gasteiger partial charge in [0.25, 0.3) is 0 Å². The van der Waals surface area contributed by atoms with Gasteiger partial charge in [-0.2, -0.15) is 0 Å². The average molecular weight is 342 g/mol. The monoisotopic (exact) mass is 340 g/mol. The second-order valence-corrected chi connectivity index (χ2v) is 5.02. The van der Waals surface area contributed by atoms with E-state index in [-0.39, 0.29) is 0 Å². The van der Waals surface area contributed by atoms with Gasteiger partial charge in [-0.15, -0.1) is 0 Å². The minimum atomic E-state index is -0.466. The molecule has 0 bridgehead atoms. The Morgan fingerprint density at radius 1 is 1.16 bits per heavy atom. The van der Waals surface area contributed by atoms with Crippen molar-refractivity contribution < 1.29 is 14.3 Å². The zero-order chi connectivity index (χ0) is 13.8. The third-order valence-corrected chi connectivity index (χ3v) is 3.21. The zero-order valence-electron chi connectivity index (χ0n) is 10.0. The van der Waals surface area contributed by atoms with Crippen molar-refractivity contribution in [1.82, 2.24) is 0 Å². The minimum Gasteiger partial charge on any atom is -0.497 e. The number of esters is 1. The molecular weight excluding hydrogens is 332 g/mol. The first-order valence-corrected chi connectivity index (χ1v) is 6.58. The van der Waals surface area contributed by atoms with Crippen molar-refractivity contribution in [1.29, 1.82) is 0 Å². The quantitative estimate of drug-likeness (QED) is 0.616. The lowest BCUT2D eigenvalue weighted by Crippen LogP contribution is -2.08. The number of rotatable bonds is 3. The summed E-state index contributed by atoms with van der Waals surface area (Å²) in [6, 6.07) is 11.7. The summed E-state index contributed by atoms with van der Waals surface area (Å²) >= 11 is 9.27. The molecule has 0 aliphatic heterocycles. The van der Waals surface area contributed by atoms with Gasteiger partial charge in [0, 0.05) is 4.47 Å². The summed E-state index contributed by atoms with van der Waals surface area (Å²) in [5.74, 6) is 0.538. The highest BCUT2D eigenvalue weighted by Gasteiger charge is 2.11. The van der Waals surface area contributed by atoms with Crippen molar-refractivity contribution in [2.24, 2.45) is 0 Å². The number of hydrogen-bond donors (Lipinski definition) is 0. The van der Waals surface area contributed by atoms with Crippen LogP contribution in [-0.2, 0) is 0 Å². The van der Waals surface area contributed by atoms with E-state index in [4.69, 9.17) is 21.1 Å². The van der Waals surface area contributed by atoms with Crippen LogP contribution in [0.5, 0.6) is 11.5 Å². The molecule has 3 nitrogen and oxygen atoms in total. The average Bonchev–Trinajstić information content (AvgIpc) is 2.42. The lowest BCUT2D eigenvalue weighted by Gasteiger charge is -2.07. The van der Waals surface area contributed by atoms with Gasteiger partial charge in [-0.1, -0.05) is 27.5 Å². The Labute approximate surface area is 124 Å². The van der Waals surface area contributed by atoms with Crippen LogP contribution in [0.3, 0.4) is 0 Å². The molecule has 0 radical (unpaired) electrons. The van der Waals surface area contributed by atoms with Crippen molar-refractivity contribution in [3.63, 3.8) is 0 Å². The Morgan fingerprint density at radius 2 is 1.84 bits per heavy atom. The predicted molar refractivity (Wildman–Crippen MR) is 77.1 cm³/mol. The van der Waals surface area contributed by atoms with Crippen molar-refractivity contribution >= 4 is 33.5 Å². The predicted octanol–water partition coefficient (Wildman–Crippen LogP) is 4.33. The Morgan fingerprint density at radius 3 is 2.42 bits per heavy atom. The molecule has 5 heteroatoms. The molecule has 0 heterocycles. The van der Waals surface area contributed by atoms with E-state index in [1.165, 1.54) is 0 Å². The standard InChI is InChI=1S/C14H10BrClO3/c1-18-11-5-2-9(3-6-11)14(17)19-13-7-4-10(15)8-12(13)16/h2-8H,1H3. The van der Waals surface area contributed by atoms with E-state index in [9.17, 15) is 4.79 Å². The minimum absolute atomic E-state index is 0.325. The summed E-state index contributed by atoms with van der Waals surface area (Å²) in [5.41, 5.74) is 0.430. The molecular formula is C14H10BrClO3. The van der Waals surface area contributed by atoms with Gasteiger partial charge in [0.1, 0.15) is 11.5 Å². The van der Waals surface area contributed by atoms with E-state index in [2.05, 4.69) is 15.9 Å². The second kappa shape index (κ2) is 6.08. The number of benzene rings is 2. The number of carbonyl (C=O) groups excluding carboxylic acids is 1. The van der Waals surface area contributed by atoms with Gasteiger partial charge in [-0.05, 0) is 42.5 Å². The first kappa shape index (κ1) is 13.9. The van der Waals surface area contributed by atoms with Crippen LogP contribution in [0.15, 0.2) is 46.9 Å². The molecule has 0 atom stereocenters. The Balaban J connectivity index is 2.15. The molecule has 19 heavy (non-hydrogen) atoms. The van der Waals surface area contributed by atoms with Gasteiger partial charge < -0.3 is 9.47 Å². The van der Waals surface area contributed by atoms with Gasteiger partial charge in [0.15, 0.2) is 0 Å². The SMILES string of the molecule is COc1ccc(C(=O)Oc2ccc(Br)cc2Cl)cc1. The molecule has 98 valence electrons. The molecule has 0 N–H and O–H groups in total. The summed E-state index contributed by atoms with van der Waals surface area (Å²) in [4.78, 5) is 11.9. The summed E-state index contributed by atoms with van der Waals surface area (Å²) in [5, 5.41) is 0.372. The highest BCUT2D eigenvalue weighted by molar-refractivity contribution is 9.10. The summed E-state index contributed by atoms with van der Waals surface area (Å²) in [6.45, 7) is 0. The maximum absolute atomic E-state index is 11.9. The molecule has 0 spiro atoms. The Hall–Kier alpha value is -1.52.